The third kappa shape index (κ3) is 5.88. The van der Waals surface area contributed by atoms with Crippen LogP contribution in [0.2, 0.25) is 0 Å². The van der Waals surface area contributed by atoms with E-state index in [9.17, 15) is 19.5 Å². The molecule has 12 heteroatoms. The highest BCUT2D eigenvalue weighted by atomic mass is 16.6. The van der Waals surface area contributed by atoms with E-state index in [0.29, 0.717) is 47.8 Å². The summed E-state index contributed by atoms with van der Waals surface area (Å²) in [4.78, 5) is 40.7. The van der Waals surface area contributed by atoms with Gasteiger partial charge in [-0.3, -0.25) is 24.0 Å². The van der Waals surface area contributed by atoms with Crippen LogP contribution in [0.5, 0.6) is 5.75 Å². The van der Waals surface area contributed by atoms with E-state index < -0.39 is 29.6 Å². The first kappa shape index (κ1) is 29.9. The highest BCUT2D eigenvalue weighted by Gasteiger charge is 2.52. The standard InChI is InChI=1S/C31H35N5O7/c1-20(7-4-5-13-34-19-23(12-14-37)32-33-34)31(41)26-16-25(42-3)10-11-27(26)35(30(31)40)18-22-8-6-9-24(15-22)36-28(39)17-29(36)43-21(2)38/h4,6-11,15-16,19-20,29,37,41H,5,12-14,17-18H2,1-3H3/b7-4+/t20-,29?,31+/m0/s1. The highest BCUT2D eigenvalue weighted by molar-refractivity contribution is 6.07. The normalized spacial score (nSPS) is 20.3. The van der Waals surface area contributed by atoms with E-state index in [-0.39, 0.29) is 25.5 Å². The molecule has 1 aromatic heterocycles. The molecule has 2 aromatic carbocycles. The molecule has 226 valence electrons. The topological polar surface area (TPSA) is 147 Å². The number of aliphatic hydroxyl groups excluding tert-OH is 1. The molecular weight excluding hydrogens is 554 g/mol. The maximum Gasteiger partial charge on any atom is 0.304 e. The molecule has 2 N–H and O–H groups in total. The molecule has 1 fully saturated rings. The fourth-order valence-electron chi connectivity index (χ4n) is 5.50. The average molecular weight is 590 g/mol. The van der Waals surface area contributed by atoms with Crippen LogP contribution < -0.4 is 14.5 Å². The Kier molecular flexibility index (Phi) is 8.60. The van der Waals surface area contributed by atoms with Crippen molar-refractivity contribution in [3.8, 4) is 5.75 Å². The van der Waals surface area contributed by atoms with E-state index in [0.717, 1.165) is 5.56 Å². The molecule has 3 heterocycles. The molecule has 1 unspecified atom stereocenters. The van der Waals surface area contributed by atoms with Gasteiger partial charge in [-0.25, -0.2) is 0 Å². The monoisotopic (exact) mass is 589 g/mol. The number of benzene rings is 2. The Bertz CT molecular complexity index is 1550. The van der Waals surface area contributed by atoms with Crippen molar-refractivity contribution in [3.63, 3.8) is 0 Å². The van der Waals surface area contributed by atoms with Gasteiger partial charge in [0.25, 0.3) is 5.91 Å². The number of aryl methyl sites for hydroxylation is 1. The maximum atomic E-state index is 14.0. The fraction of sp³-hybridized carbons (Fsp3) is 0.387. The lowest BCUT2D eigenvalue weighted by Crippen LogP contribution is -2.54. The summed E-state index contributed by atoms with van der Waals surface area (Å²) in [7, 11) is 1.53. The molecule has 1 saturated heterocycles. The first-order valence-electron chi connectivity index (χ1n) is 14.1. The molecule has 0 bridgehead atoms. The lowest BCUT2D eigenvalue weighted by atomic mass is 9.83. The number of anilines is 2. The Hall–Kier alpha value is -4.55. The van der Waals surface area contributed by atoms with Gasteiger partial charge in [0.05, 0.1) is 31.5 Å². The number of carbonyl (C=O) groups excluding carboxylic acids is 3. The van der Waals surface area contributed by atoms with Crippen LogP contribution in [0, 0.1) is 5.92 Å². The van der Waals surface area contributed by atoms with E-state index >= 15 is 0 Å². The van der Waals surface area contributed by atoms with Crippen molar-refractivity contribution < 1.29 is 34.1 Å². The van der Waals surface area contributed by atoms with Gasteiger partial charge in [-0.05, 0) is 42.3 Å². The summed E-state index contributed by atoms with van der Waals surface area (Å²) in [6.45, 7) is 3.80. The second kappa shape index (κ2) is 12.4. The minimum atomic E-state index is -1.84. The second-order valence-electron chi connectivity index (χ2n) is 10.7. The van der Waals surface area contributed by atoms with Crippen molar-refractivity contribution in [2.24, 2.45) is 5.92 Å². The molecule has 0 aliphatic carbocycles. The Morgan fingerprint density at radius 1 is 1.23 bits per heavy atom. The van der Waals surface area contributed by atoms with Gasteiger partial charge < -0.3 is 24.6 Å². The van der Waals surface area contributed by atoms with Gasteiger partial charge in [0, 0.05) is 49.9 Å². The molecule has 43 heavy (non-hydrogen) atoms. The molecule has 3 aromatic rings. The Morgan fingerprint density at radius 2 is 2.05 bits per heavy atom. The largest absolute Gasteiger partial charge is 0.497 e. The lowest BCUT2D eigenvalue weighted by molar-refractivity contribution is -0.153. The molecule has 0 radical (unpaired) electrons. The van der Waals surface area contributed by atoms with Crippen LogP contribution in [0.4, 0.5) is 11.4 Å². The van der Waals surface area contributed by atoms with Crippen LogP contribution in [0.1, 0.15) is 43.5 Å². The van der Waals surface area contributed by atoms with Crippen LogP contribution in [-0.2, 0) is 44.2 Å². The molecule has 2 aliphatic heterocycles. The lowest BCUT2D eigenvalue weighted by Gasteiger charge is -2.39. The molecule has 3 atom stereocenters. The first-order chi connectivity index (χ1) is 20.6. The van der Waals surface area contributed by atoms with Gasteiger partial charge in [-0.15, -0.1) is 5.10 Å². The minimum Gasteiger partial charge on any atom is -0.497 e. The number of carbonyl (C=O) groups is 3. The predicted octanol–water partition coefficient (Wildman–Crippen LogP) is 2.46. The minimum absolute atomic E-state index is 0.00605. The van der Waals surface area contributed by atoms with Gasteiger partial charge >= 0.3 is 5.97 Å². The van der Waals surface area contributed by atoms with Crippen molar-refractivity contribution in [1.82, 2.24) is 15.0 Å². The maximum absolute atomic E-state index is 14.0. The Labute approximate surface area is 249 Å². The molecule has 2 amide bonds. The third-order valence-corrected chi connectivity index (χ3v) is 7.78. The summed E-state index contributed by atoms with van der Waals surface area (Å²) in [6.07, 6.45) is 6.00. The number of nitrogens with zero attached hydrogens (tertiary/aromatic N) is 5. The number of hydrogen-bond donors (Lipinski definition) is 2. The first-order valence-corrected chi connectivity index (χ1v) is 14.1. The summed E-state index contributed by atoms with van der Waals surface area (Å²) in [5.41, 5.74) is 1.17. The highest BCUT2D eigenvalue weighted by Crippen LogP contribution is 2.47. The SMILES string of the molecule is COc1ccc2c(c1)[C@](O)([C@@H](C)/C=C/CCn1cc(CCO)nn1)C(=O)N2Cc1cccc(N2C(=O)CC2OC(C)=O)c1. The van der Waals surface area contributed by atoms with Crippen molar-refractivity contribution in [2.45, 2.75) is 58.0 Å². The molecule has 5 rings (SSSR count). The fourth-order valence-corrected chi connectivity index (χ4v) is 5.50. The van der Waals surface area contributed by atoms with Crippen molar-refractivity contribution >= 4 is 29.2 Å². The van der Waals surface area contributed by atoms with E-state index in [1.807, 2.05) is 18.2 Å². The van der Waals surface area contributed by atoms with Gasteiger partial charge in [0.1, 0.15) is 5.75 Å². The number of esters is 1. The van der Waals surface area contributed by atoms with Gasteiger partial charge in [-0.1, -0.05) is 36.4 Å². The van der Waals surface area contributed by atoms with E-state index in [2.05, 4.69) is 10.3 Å². The quantitative estimate of drug-likeness (QED) is 0.185. The zero-order valence-electron chi connectivity index (χ0n) is 24.3. The number of ether oxygens (including phenoxy) is 2. The van der Waals surface area contributed by atoms with E-state index in [4.69, 9.17) is 14.6 Å². The van der Waals surface area contributed by atoms with Crippen LogP contribution in [0.25, 0.3) is 0 Å². The van der Waals surface area contributed by atoms with E-state index in [1.54, 1.807) is 54.2 Å². The van der Waals surface area contributed by atoms with Crippen molar-refractivity contribution in [1.29, 1.82) is 0 Å². The third-order valence-electron chi connectivity index (χ3n) is 7.78. The summed E-state index contributed by atoms with van der Waals surface area (Å²) in [5.74, 6) is -1.17. The summed E-state index contributed by atoms with van der Waals surface area (Å²) >= 11 is 0. The predicted molar refractivity (Wildman–Crippen MR) is 156 cm³/mol. The number of allylic oxidation sites excluding steroid dienone is 1. The zero-order chi connectivity index (χ0) is 30.7. The molecular formula is C31H35N5O7. The Morgan fingerprint density at radius 3 is 2.77 bits per heavy atom. The molecule has 0 spiro atoms. The van der Waals surface area contributed by atoms with Crippen LogP contribution >= 0.6 is 0 Å². The number of hydrogen-bond acceptors (Lipinski definition) is 9. The molecule has 0 saturated carbocycles. The van der Waals surface area contributed by atoms with Gasteiger partial charge in [-0.2, -0.15) is 0 Å². The van der Waals surface area contributed by atoms with Gasteiger partial charge in [0.2, 0.25) is 5.91 Å². The van der Waals surface area contributed by atoms with Crippen molar-refractivity contribution in [2.75, 3.05) is 23.5 Å². The number of rotatable bonds is 12. The summed E-state index contributed by atoms with van der Waals surface area (Å²) < 4.78 is 12.3. The second-order valence-corrected chi connectivity index (χ2v) is 10.7. The van der Waals surface area contributed by atoms with E-state index in [1.165, 1.54) is 23.8 Å². The van der Waals surface area contributed by atoms with Gasteiger partial charge in [0.15, 0.2) is 11.8 Å². The summed E-state index contributed by atoms with van der Waals surface area (Å²) in [6, 6.07) is 12.3. The molecule has 12 nitrogen and oxygen atoms in total. The number of methoxy groups -OCH3 is 1. The number of aliphatic hydroxyl groups is 2. The number of fused-ring (bicyclic) bond motifs is 1. The smallest absolute Gasteiger partial charge is 0.304 e. The molecule has 2 aliphatic rings. The summed E-state index contributed by atoms with van der Waals surface area (Å²) in [5, 5.41) is 29.2. The number of amides is 2. The number of β-lactam (4-membered cyclic amide) rings is 1. The van der Waals surface area contributed by atoms with Crippen LogP contribution in [0.3, 0.4) is 0 Å². The van der Waals surface area contributed by atoms with Crippen molar-refractivity contribution in [3.05, 3.63) is 77.6 Å². The Balaban J connectivity index is 1.36. The average Bonchev–Trinajstić information content (AvgIpc) is 3.51. The van der Waals surface area contributed by atoms with Crippen LogP contribution in [0.15, 0.2) is 60.8 Å². The van der Waals surface area contributed by atoms with Crippen LogP contribution in [-0.4, -0.2) is 62.9 Å². The zero-order valence-corrected chi connectivity index (χ0v) is 24.3. The number of aromatic nitrogens is 3.